The zero-order valence-electron chi connectivity index (χ0n) is 14.0. The number of ether oxygens (including phenoxy) is 2. The molecule has 4 fully saturated rings. The number of rotatable bonds is 5. The monoisotopic (exact) mass is 351 g/mol. The molecule has 6 heteroatoms. The minimum Gasteiger partial charge on any atom is -0.445 e. The molecule has 1 N–H and O–H groups in total. The third-order valence-corrected chi connectivity index (χ3v) is 6.05. The fourth-order valence-corrected chi connectivity index (χ4v) is 5.42. The number of hydrogen-bond acceptors (Lipinski definition) is 3. The number of hydrogen-bond donors (Lipinski definition) is 1. The molecule has 4 aliphatic rings. The first kappa shape index (κ1) is 16.8. The highest BCUT2D eigenvalue weighted by molar-refractivity contribution is 5.67. The van der Waals surface area contributed by atoms with Gasteiger partial charge in [-0.3, -0.25) is 0 Å². The highest BCUT2D eigenvalue weighted by atomic mass is 19.3. The van der Waals surface area contributed by atoms with Gasteiger partial charge in [-0.25, -0.2) is 4.79 Å². The Morgan fingerprint density at radius 3 is 2.48 bits per heavy atom. The summed E-state index contributed by atoms with van der Waals surface area (Å²) >= 11 is 0. The number of alkyl carbamates (subject to hydrolysis) is 1. The number of alkyl halides is 2. The molecule has 0 aromatic heterocycles. The van der Waals surface area contributed by atoms with Gasteiger partial charge in [0, 0.05) is 6.04 Å². The van der Waals surface area contributed by atoms with E-state index in [9.17, 15) is 13.6 Å². The number of amides is 1. The molecule has 0 heterocycles. The molecule has 136 valence electrons. The molecule has 1 aromatic carbocycles. The molecule has 4 aliphatic carbocycles. The van der Waals surface area contributed by atoms with Crippen molar-refractivity contribution < 1.29 is 23.0 Å². The second kappa shape index (κ2) is 6.56. The summed E-state index contributed by atoms with van der Waals surface area (Å²) in [5.41, 5.74) is 0.253. The Bertz CT molecular complexity index is 604. The van der Waals surface area contributed by atoms with Crippen LogP contribution in [0.1, 0.15) is 37.7 Å². The highest BCUT2D eigenvalue weighted by Gasteiger charge is 2.57. The lowest BCUT2D eigenvalue weighted by Gasteiger charge is -2.59. The van der Waals surface area contributed by atoms with Gasteiger partial charge in [0.25, 0.3) is 0 Å². The highest BCUT2D eigenvalue weighted by Crippen LogP contribution is 2.57. The predicted molar refractivity (Wildman–Crippen MR) is 86.9 cm³/mol. The van der Waals surface area contributed by atoms with Gasteiger partial charge in [-0.05, 0) is 55.4 Å². The van der Waals surface area contributed by atoms with Crippen LogP contribution in [0.3, 0.4) is 0 Å². The van der Waals surface area contributed by atoms with E-state index < -0.39 is 18.3 Å². The lowest BCUT2D eigenvalue weighted by atomic mass is 9.52. The summed E-state index contributed by atoms with van der Waals surface area (Å²) in [4.78, 5) is 12.2. The van der Waals surface area contributed by atoms with Crippen LogP contribution in [0.15, 0.2) is 30.3 Å². The van der Waals surface area contributed by atoms with Gasteiger partial charge in [0.2, 0.25) is 0 Å². The van der Waals surface area contributed by atoms with Gasteiger partial charge in [-0.15, -0.1) is 0 Å². The van der Waals surface area contributed by atoms with E-state index in [2.05, 4.69) is 5.32 Å². The summed E-state index contributed by atoms with van der Waals surface area (Å²) in [5, 5.41) is 3.00. The van der Waals surface area contributed by atoms with Crippen LogP contribution in [0, 0.1) is 17.8 Å². The largest absolute Gasteiger partial charge is 0.445 e. The molecule has 0 aliphatic heterocycles. The number of nitrogens with one attached hydrogen (secondary N) is 1. The van der Waals surface area contributed by atoms with Gasteiger partial charge in [0.1, 0.15) is 6.61 Å². The molecule has 4 nitrogen and oxygen atoms in total. The molecule has 0 saturated heterocycles. The van der Waals surface area contributed by atoms with Crippen molar-refractivity contribution in [2.75, 3.05) is 0 Å². The first-order chi connectivity index (χ1) is 12.0. The van der Waals surface area contributed by atoms with Crippen LogP contribution in [0.2, 0.25) is 0 Å². The van der Waals surface area contributed by atoms with Crippen molar-refractivity contribution in [1.82, 2.24) is 5.32 Å². The molecule has 4 bridgehead atoms. The van der Waals surface area contributed by atoms with Gasteiger partial charge < -0.3 is 14.8 Å². The first-order valence-electron chi connectivity index (χ1n) is 8.96. The average Bonchev–Trinajstić information content (AvgIpc) is 2.55. The zero-order chi connectivity index (χ0) is 17.4. The van der Waals surface area contributed by atoms with Crippen LogP contribution >= 0.6 is 0 Å². The van der Waals surface area contributed by atoms with Gasteiger partial charge in [0.15, 0.2) is 0 Å². The van der Waals surface area contributed by atoms with E-state index in [4.69, 9.17) is 9.47 Å². The van der Waals surface area contributed by atoms with Crippen LogP contribution in [0.4, 0.5) is 13.6 Å². The quantitative estimate of drug-likeness (QED) is 0.869. The maximum atomic E-state index is 12.8. The Labute approximate surface area is 145 Å². The van der Waals surface area contributed by atoms with Crippen LogP contribution in [-0.4, -0.2) is 24.3 Å². The number of carbonyl (C=O) groups is 1. The molecule has 5 rings (SSSR count). The fraction of sp³-hybridized carbons (Fsp3) is 0.632. The molecular formula is C19H23F2NO3. The van der Waals surface area contributed by atoms with E-state index in [1.165, 1.54) is 0 Å². The van der Waals surface area contributed by atoms with E-state index >= 15 is 0 Å². The first-order valence-corrected chi connectivity index (χ1v) is 8.96. The molecule has 0 spiro atoms. The fourth-order valence-electron chi connectivity index (χ4n) is 5.42. The Balaban J connectivity index is 1.36. The maximum absolute atomic E-state index is 12.8. The Morgan fingerprint density at radius 1 is 1.16 bits per heavy atom. The molecule has 1 unspecified atom stereocenters. The molecule has 4 saturated carbocycles. The van der Waals surface area contributed by atoms with Gasteiger partial charge in [0.05, 0.1) is 5.60 Å². The Kier molecular flexibility index (Phi) is 4.40. The van der Waals surface area contributed by atoms with E-state index in [1.807, 2.05) is 30.3 Å². The molecule has 0 radical (unpaired) electrons. The minimum atomic E-state index is -2.72. The van der Waals surface area contributed by atoms with E-state index in [1.54, 1.807) is 0 Å². The number of benzene rings is 1. The third-order valence-electron chi connectivity index (χ3n) is 6.05. The molecule has 5 atom stereocenters. The van der Waals surface area contributed by atoms with E-state index in [-0.39, 0.29) is 24.5 Å². The average molecular weight is 351 g/mol. The van der Waals surface area contributed by atoms with E-state index in [0.29, 0.717) is 18.8 Å². The Morgan fingerprint density at radius 2 is 1.84 bits per heavy atom. The summed E-state index contributed by atoms with van der Waals surface area (Å²) < 4.78 is 36.0. The standard InChI is InChI=1S/C19H23F2NO3/c20-17(21)25-19-8-13-6-14(9-19)16(15(7-13)10-19)22-18(23)24-11-12-4-2-1-3-5-12/h1-5,13-17H,6-11H2,(H,22,23)/t13?,14-,15+,16-,19-. The normalized spacial score (nSPS) is 35.8. The van der Waals surface area contributed by atoms with Crippen molar-refractivity contribution in [2.45, 2.75) is 57.0 Å². The number of halogens is 2. The molecule has 1 aromatic rings. The summed E-state index contributed by atoms with van der Waals surface area (Å²) in [6, 6.07) is 9.53. The second-order valence-corrected chi connectivity index (χ2v) is 7.76. The Hall–Kier alpha value is -1.69. The lowest BCUT2D eigenvalue weighted by Crippen LogP contribution is -2.62. The zero-order valence-corrected chi connectivity index (χ0v) is 14.0. The second-order valence-electron chi connectivity index (χ2n) is 7.76. The van der Waals surface area contributed by atoms with E-state index in [0.717, 1.165) is 24.8 Å². The smallest absolute Gasteiger partial charge is 0.407 e. The number of carbonyl (C=O) groups excluding carboxylic acids is 1. The van der Waals surface area contributed by atoms with Gasteiger partial charge in [-0.1, -0.05) is 30.3 Å². The lowest BCUT2D eigenvalue weighted by molar-refractivity contribution is -0.260. The van der Waals surface area contributed by atoms with Crippen molar-refractivity contribution in [2.24, 2.45) is 17.8 Å². The van der Waals surface area contributed by atoms with Crippen LogP contribution < -0.4 is 5.32 Å². The van der Waals surface area contributed by atoms with Gasteiger partial charge >= 0.3 is 12.7 Å². The van der Waals surface area contributed by atoms with Crippen LogP contribution in [0.5, 0.6) is 0 Å². The summed E-state index contributed by atoms with van der Waals surface area (Å²) in [6.45, 7) is -2.49. The predicted octanol–water partition coefficient (Wildman–Crippen LogP) is 4.10. The maximum Gasteiger partial charge on any atom is 0.407 e. The molecule has 1 amide bonds. The summed E-state index contributed by atoms with van der Waals surface area (Å²) in [6.07, 6.45) is 3.48. The summed E-state index contributed by atoms with van der Waals surface area (Å²) in [7, 11) is 0. The summed E-state index contributed by atoms with van der Waals surface area (Å²) in [5.74, 6) is 0.846. The van der Waals surface area contributed by atoms with Crippen LogP contribution in [-0.2, 0) is 16.1 Å². The topological polar surface area (TPSA) is 47.6 Å². The van der Waals surface area contributed by atoms with Crippen molar-refractivity contribution in [3.63, 3.8) is 0 Å². The van der Waals surface area contributed by atoms with Gasteiger partial charge in [-0.2, -0.15) is 8.78 Å². The SMILES string of the molecule is O=C(N[C@@H]1[C@@H]2CC3C[C@H]1C[C@@](OC(F)F)(C3)C2)OCc1ccccc1. The molecule has 25 heavy (non-hydrogen) atoms. The van der Waals surface area contributed by atoms with Crippen molar-refractivity contribution in [3.05, 3.63) is 35.9 Å². The van der Waals surface area contributed by atoms with Crippen LogP contribution in [0.25, 0.3) is 0 Å². The van der Waals surface area contributed by atoms with Crippen molar-refractivity contribution in [3.8, 4) is 0 Å². The van der Waals surface area contributed by atoms with Crippen molar-refractivity contribution >= 4 is 6.09 Å². The third kappa shape index (κ3) is 3.50. The molecular weight excluding hydrogens is 328 g/mol. The van der Waals surface area contributed by atoms with Crippen molar-refractivity contribution in [1.29, 1.82) is 0 Å². The minimum absolute atomic E-state index is 0.00854.